The lowest BCUT2D eigenvalue weighted by atomic mass is 9.93. The van der Waals surface area contributed by atoms with Crippen LogP contribution in [0.15, 0.2) is 36.4 Å². The van der Waals surface area contributed by atoms with Gasteiger partial charge in [0.25, 0.3) is 0 Å². The van der Waals surface area contributed by atoms with Gasteiger partial charge in [0.15, 0.2) is 0 Å². The normalized spacial score (nSPS) is 19.4. The molecule has 6 unspecified atom stereocenters. The van der Waals surface area contributed by atoms with Crippen molar-refractivity contribution < 1.29 is 48.6 Å². The number of carbonyl (C=O) groups excluding carboxylic acids is 8. The van der Waals surface area contributed by atoms with Gasteiger partial charge in [-0.3, -0.25) is 38.4 Å². The first-order valence-electron chi connectivity index (χ1n) is 22.7. The molecule has 0 spiro atoms. The molecule has 65 heavy (non-hydrogen) atoms. The number of amides is 8. The zero-order valence-electron chi connectivity index (χ0n) is 38.0. The standard InChI is InChI=1S/C46H67N9O10/c1-5-6-7-8-9-15-38(58)49-22-20-39(59)52-33(13-10-11-21-47)46(65)54(4)40-30-17-19-37(57)32(26-30)31-24-29(16-18-36(31)56)25-34(53-42(61)27(2)50-44(40)63)43(62)51-28(3)45(64)55-23-12-14-35(55)41(48)60/h16-19,24,26-28,33-35,40,56-57H,5-15,20-23,25,47H2,1-4H3,(H2,48,60)(H,49,58)(H,50,63)(H,51,62)(H,52,59)(H,53,61). The van der Waals surface area contributed by atoms with E-state index in [1.807, 2.05) is 0 Å². The fraction of sp³-hybridized carbons (Fsp3) is 0.565. The highest BCUT2D eigenvalue weighted by Crippen LogP contribution is 2.39. The number of rotatable bonds is 20. The fourth-order valence-electron chi connectivity index (χ4n) is 8.15. The lowest BCUT2D eigenvalue weighted by molar-refractivity contribution is -0.143. The Balaban J connectivity index is 1.61. The van der Waals surface area contributed by atoms with Crippen LogP contribution in [0.1, 0.15) is 115 Å². The third-order valence-electron chi connectivity index (χ3n) is 11.9. The molecule has 2 aromatic rings. The first-order valence-corrected chi connectivity index (χ1v) is 22.7. The maximum absolute atomic E-state index is 14.4. The third-order valence-corrected chi connectivity index (χ3v) is 11.9. The molecule has 356 valence electrons. The number of phenols is 2. The van der Waals surface area contributed by atoms with Crippen LogP contribution in [0.4, 0.5) is 0 Å². The van der Waals surface area contributed by atoms with E-state index in [1.54, 1.807) is 0 Å². The van der Waals surface area contributed by atoms with Crippen molar-refractivity contribution in [3.63, 3.8) is 0 Å². The number of phenolic OH excluding ortho intramolecular Hbond substituents is 2. The van der Waals surface area contributed by atoms with Gasteiger partial charge in [0.2, 0.25) is 47.3 Å². The van der Waals surface area contributed by atoms with Gasteiger partial charge in [-0.25, -0.2) is 0 Å². The molecule has 2 aliphatic heterocycles. The topological polar surface area (TPSA) is 296 Å². The molecule has 1 fully saturated rings. The number of carbonyl (C=O) groups is 8. The highest BCUT2D eigenvalue weighted by Gasteiger charge is 2.38. The van der Waals surface area contributed by atoms with Gasteiger partial charge in [-0.1, -0.05) is 44.7 Å². The van der Waals surface area contributed by atoms with Crippen LogP contribution in [-0.2, 0) is 44.8 Å². The van der Waals surface area contributed by atoms with E-state index in [-0.39, 0.29) is 66.4 Å². The number of primary amides is 1. The minimum absolute atomic E-state index is 0.0597. The van der Waals surface area contributed by atoms with Gasteiger partial charge < -0.3 is 58.1 Å². The largest absolute Gasteiger partial charge is 0.507 e. The molecule has 11 N–H and O–H groups in total. The van der Waals surface area contributed by atoms with Crippen LogP contribution in [0.2, 0.25) is 0 Å². The Hall–Kier alpha value is -6.24. The molecule has 0 saturated carbocycles. The summed E-state index contributed by atoms with van der Waals surface area (Å²) < 4.78 is 0. The summed E-state index contributed by atoms with van der Waals surface area (Å²) in [5, 5.41) is 35.7. The minimum Gasteiger partial charge on any atom is -0.507 e. The zero-order valence-corrected chi connectivity index (χ0v) is 38.0. The number of nitrogens with zero attached hydrogens (tertiary/aromatic N) is 2. The predicted octanol–water partition coefficient (Wildman–Crippen LogP) is 1.27. The second-order valence-electron chi connectivity index (χ2n) is 17.0. The average molecular weight is 906 g/mol. The predicted molar refractivity (Wildman–Crippen MR) is 241 cm³/mol. The fourth-order valence-corrected chi connectivity index (χ4v) is 8.15. The number of likely N-dealkylation sites (tertiary alicyclic amines) is 1. The van der Waals surface area contributed by atoms with E-state index < -0.39 is 77.6 Å². The molecule has 19 nitrogen and oxygen atoms in total. The summed E-state index contributed by atoms with van der Waals surface area (Å²) >= 11 is 0. The van der Waals surface area contributed by atoms with Crippen LogP contribution >= 0.6 is 0 Å². The number of benzene rings is 2. The highest BCUT2D eigenvalue weighted by molar-refractivity contribution is 5.97. The first-order chi connectivity index (χ1) is 31.0. The van der Waals surface area contributed by atoms with Crippen molar-refractivity contribution in [1.29, 1.82) is 0 Å². The van der Waals surface area contributed by atoms with Crippen LogP contribution in [-0.4, -0.2) is 124 Å². The van der Waals surface area contributed by atoms with E-state index in [0.717, 1.165) is 37.0 Å². The van der Waals surface area contributed by atoms with E-state index in [9.17, 15) is 48.6 Å². The Labute approximate surface area is 380 Å². The molecular formula is C46H67N9O10. The van der Waals surface area contributed by atoms with E-state index in [2.05, 4.69) is 33.5 Å². The number of unbranched alkanes of at least 4 members (excludes halogenated alkanes) is 5. The lowest BCUT2D eigenvalue weighted by Gasteiger charge is -2.32. The Morgan fingerprint density at radius 3 is 2.26 bits per heavy atom. The quantitative estimate of drug-likeness (QED) is 0.0853. The maximum atomic E-state index is 14.4. The van der Waals surface area contributed by atoms with Gasteiger partial charge in [-0.05, 0) is 94.3 Å². The second kappa shape index (κ2) is 24.7. The Morgan fingerprint density at radius 1 is 0.877 bits per heavy atom. The molecule has 2 heterocycles. The summed E-state index contributed by atoms with van der Waals surface area (Å²) in [5.74, 6) is -5.43. The molecule has 19 heteroatoms. The highest BCUT2D eigenvalue weighted by atomic mass is 16.3. The third kappa shape index (κ3) is 14.4. The van der Waals surface area contributed by atoms with Gasteiger partial charge >= 0.3 is 0 Å². The molecule has 0 aromatic heterocycles. The first kappa shape index (κ1) is 51.4. The Kier molecular flexibility index (Phi) is 19.5. The van der Waals surface area contributed by atoms with Crippen LogP contribution in [0.5, 0.6) is 11.5 Å². The van der Waals surface area contributed by atoms with Gasteiger partial charge in [-0.15, -0.1) is 0 Å². The number of likely N-dealkylation sites (N-methyl/N-ethyl adjacent to an activating group) is 1. The number of hydrogen-bond acceptors (Lipinski definition) is 11. The SMILES string of the molecule is CCCCCCCC(=O)NCCC(=O)NC(CCCCN)C(=O)N(C)C1C(=O)NC(C)C(=O)NC(C(=O)NC(C)C(=O)N2CCCC2C(N)=O)Cc2ccc(O)c(c2)-c2cc1ccc2O. The van der Waals surface area contributed by atoms with Crippen molar-refractivity contribution in [3.05, 3.63) is 47.5 Å². The van der Waals surface area contributed by atoms with Crippen molar-refractivity contribution in [2.75, 3.05) is 26.7 Å². The van der Waals surface area contributed by atoms with Gasteiger partial charge in [0.05, 0.1) is 0 Å². The number of fused-ring (bicyclic) bond motifs is 5. The molecule has 8 amide bonds. The van der Waals surface area contributed by atoms with Crippen molar-refractivity contribution in [3.8, 4) is 22.6 Å². The molecule has 4 bridgehead atoms. The summed E-state index contributed by atoms with van der Waals surface area (Å²) in [6.45, 7) is 5.62. The van der Waals surface area contributed by atoms with Crippen molar-refractivity contribution in [2.45, 2.75) is 140 Å². The summed E-state index contributed by atoms with van der Waals surface area (Å²) in [4.78, 5) is 110. The van der Waals surface area contributed by atoms with Crippen molar-refractivity contribution >= 4 is 47.3 Å². The van der Waals surface area contributed by atoms with Gasteiger partial charge in [-0.2, -0.15) is 0 Å². The summed E-state index contributed by atoms with van der Waals surface area (Å²) in [7, 11) is 1.37. The Morgan fingerprint density at radius 2 is 1.57 bits per heavy atom. The monoisotopic (exact) mass is 906 g/mol. The number of aromatic hydroxyl groups is 2. The molecular weight excluding hydrogens is 839 g/mol. The van der Waals surface area contributed by atoms with Crippen molar-refractivity contribution in [2.24, 2.45) is 11.5 Å². The molecule has 2 aliphatic rings. The zero-order chi connectivity index (χ0) is 47.8. The average Bonchev–Trinajstić information content (AvgIpc) is 3.77. The number of hydrogen-bond donors (Lipinski definition) is 9. The van der Waals surface area contributed by atoms with Crippen LogP contribution in [0.3, 0.4) is 0 Å². The van der Waals surface area contributed by atoms with Gasteiger partial charge in [0, 0.05) is 50.5 Å². The van der Waals surface area contributed by atoms with Crippen molar-refractivity contribution in [1.82, 2.24) is 36.4 Å². The van der Waals surface area contributed by atoms with E-state index in [0.29, 0.717) is 44.2 Å². The summed E-state index contributed by atoms with van der Waals surface area (Å²) in [6, 6.07) is 1.41. The molecule has 0 radical (unpaired) electrons. The maximum Gasteiger partial charge on any atom is 0.248 e. The lowest BCUT2D eigenvalue weighted by Crippen LogP contribution is -2.58. The smallest absolute Gasteiger partial charge is 0.248 e. The second-order valence-corrected chi connectivity index (χ2v) is 17.0. The summed E-state index contributed by atoms with van der Waals surface area (Å²) in [6.07, 6.45) is 7.15. The summed E-state index contributed by atoms with van der Waals surface area (Å²) in [5.41, 5.74) is 12.1. The minimum atomic E-state index is -1.46. The van der Waals surface area contributed by atoms with E-state index >= 15 is 0 Å². The van der Waals surface area contributed by atoms with Crippen LogP contribution in [0, 0.1) is 0 Å². The Bertz CT molecular complexity index is 2050. The van der Waals surface area contributed by atoms with Crippen LogP contribution < -0.4 is 38.1 Å². The molecule has 4 rings (SSSR count). The molecule has 1 saturated heterocycles. The molecule has 2 aromatic carbocycles. The van der Waals surface area contributed by atoms with E-state index in [1.165, 1.54) is 62.2 Å². The van der Waals surface area contributed by atoms with Gasteiger partial charge in [0.1, 0.15) is 47.8 Å². The molecule has 0 aliphatic carbocycles. The number of nitrogens with two attached hydrogens (primary N) is 2. The number of nitrogens with one attached hydrogen (secondary N) is 5. The molecule has 6 atom stereocenters. The van der Waals surface area contributed by atoms with E-state index in [4.69, 9.17) is 11.5 Å². The van der Waals surface area contributed by atoms with Crippen LogP contribution in [0.25, 0.3) is 11.1 Å².